The van der Waals surface area contributed by atoms with Crippen LogP contribution in [0, 0.1) is 0 Å². The summed E-state index contributed by atoms with van der Waals surface area (Å²) in [5.41, 5.74) is -0.0776. The van der Waals surface area contributed by atoms with E-state index in [0.717, 1.165) is 10.5 Å². The summed E-state index contributed by atoms with van der Waals surface area (Å²) in [6.45, 7) is 3.07. The molecule has 1 aromatic carbocycles. The van der Waals surface area contributed by atoms with E-state index in [1.54, 1.807) is 20.0 Å². The van der Waals surface area contributed by atoms with Crippen molar-refractivity contribution in [1.82, 2.24) is 15.2 Å². The number of hydrogen-bond acceptors (Lipinski definition) is 6. The molecule has 3 amide bonds. The van der Waals surface area contributed by atoms with Crippen LogP contribution in [-0.2, 0) is 20.9 Å². The van der Waals surface area contributed by atoms with E-state index in [4.69, 9.17) is 9.15 Å². The number of oxazole rings is 1. The lowest BCUT2D eigenvalue weighted by Gasteiger charge is -2.15. The molecule has 1 N–H and O–H groups in total. The van der Waals surface area contributed by atoms with Crippen molar-refractivity contribution in [3.05, 3.63) is 42.4 Å². The molecule has 0 spiro atoms. The molecule has 0 bridgehead atoms. The monoisotopic (exact) mass is 357 g/mol. The van der Waals surface area contributed by atoms with Crippen LogP contribution >= 0.6 is 0 Å². The van der Waals surface area contributed by atoms with Crippen LogP contribution in [0.25, 0.3) is 11.3 Å². The highest BCUT2D eigenvalue weighted by atomic mass is 16.5. The summed E-state index contributed by atoms with van der Waals surface area (Å²) < 4.78 is 10.6. The van der Waals surface area contributed by atoms with Gasteiger partial charge in [0.05, 0.1) is 12.6 Å². The number of rotatable bonds is 6. The van der Waals surface area contributed by atoms with Gasteiger partial charge in [-0.3, -0.25) is 14.5 Å². The van der Waals surface area contributed by atoms with E-state index < -0.39 is 17.5 Å². The Kier molecular flexibility index (Phi) is 4.75. The number of imide groups is 1. The molecular weight excluding hydrogens is 338 g/mol. The van der Waals surface area contributed by atoms with Gasteiger partial charge in [-0.05, 0) is 13.8 Å². The molecular formula is C18H19N3O5. The quantitative estimate of drug-likeness (QED) is 0.627. The summed E-state index contributed by atoms with van der Waals surface area (Å²) in [7, 11) is 0. The van der Waals surface area contributed by atoms with Gasteiger partial charge >= 0.3 is 12.0 Å². The molecule has 1 aliphatic heterocycles. The number of nitrogens with one attached hydrogen (secondary N) is 1. The molecule has 0 unspecified atom stereocenters. The van der Waals surface area contributed by atoms with Crippen LogP contribution in [-0.4, -0.2) is 39.9 Å². The third-order valence-corrected chi connectivity index (χ3v) is 3.95. The highest BCUT2D eigenvalue weighted by Gasteiger charge is 2.44. The predicted octanol–water partition coefficient (Wildman–Crippen LogP) is 2.11. The summed E-state index contributed by atoms with van der Waals surface area (Å²) in [5.74, 6) is -0.0585. The Labute approximate surface area is 150 Å². The molecule has 3 rings (SSSR count). The van der Waals surface area contributed by atoms with Crippen LogP contribution in [0.4, 0.5) is 4.79 Å². The number of benzene rings is 1. The minimum atomic E-state index is -0.951. The van der Waals surface area contributed by atoms with Crippen molar-refractivity contribution in [3.63, 3.8) is 0 Å². The van der Waals surface area contributed by atoms with E-state index in [9.17, 15) is 14.4 Å². The lowest BCUT2D eigenvalue weighted by Crippen LogP contribution is -2.40. The zero-order valence-electron chi connectivity index (χ0n) is 14.5. The lowest BCUT2D eigenvalue weighted by atomic mass is 10.1. The molecule has 1 aromatic heterocycles. The van der Waals surface area contributed by atoms with E-state index in [1.807, 2.05) is 30.3 Å². The lowest BCUT2D eigenvalue weighted by molar-refractivity contribution is -0.146. The predicted molar refractivity (Wildman–Crippen MR) is 90.7 cm³/mol. The number of ether oxygens (including phenoxy) is 1. The molecule has 0 aliphatic carbocycles. The summed E-state index contributed by atoms with van der Waals surface area (Å²) in [4.78, 5) is 40.7. The van der Waals surface area contributed by atoms with Gasteiger partial charge in [-0.2, -0.15) is 0 Å². The van der Waals surface area contributed by atoms with Gasteiger partial charge in [-0.25, -0.2) is 9.78 Å². The fourth-order valence-corrected chi connectivity index (χ4v) is 2.55. The Morgan fingerprint density at radius 2 is 2.00 bits per heavy atom. The highest BCUT2D eigenvalue weighted by Crippen LogP contribution is 2.20. The molecule has 136 valence electrons. The third-order valence-electron chi connectivity index (χ3n) is 3.95. The van der Waals surface area contributed by atoms with Crippen LogP contribution in [0.3, 0.4) is 0 Å². The third kappa shape index (κ3) is 3.74. The zero-order valence-corrected chi connectivity index (χ0v) is 14.5. The number of hydrogen-bond donors (Lipinski definition) is 1. The Morgan fingerprint density at radius 1 is 1.27 bits per heavy atom. The first-order valence-electron chi connectivity index (χ1n) is 8.17. The van der Waals surface area contributed by atoms with E-state index in [-0.39, 0.29) is 31.4 Å². The maximum Gasteiger partial charge on any atom is 0.325 e. The van der Waals surface area contributed by atoms with Crippen LogP contribution in [0.5, 0.6) is 0 Å². The maximum absolute atomic E-state index is 12.0. The van der Waals surface area contributed by atoms with E-state index in [2.05, 4.69) is 10.3 Å². The number of nitrogens with zero attached hydrogens (tertiary/aromatic N) is 2. The molecule has 8 heteroatoms. The molecule has 0 saturated carbocycles. The molecule has 8 nitrogen and oxygen atoms in total. The van der Waals surface area contributed by atoms with Crippen molar-refractivity contribution in [2.75, 3.05) is 6.54 Å². The van der Waals surface area contributed by atoms with Crippen LogP contribution in [0.15, 0.2) is 40.9 Å². The standard InChI is InChI=1S/C18H19N3O5/c1-18(2)16(23)21(17(24)20-18)9-8-15(22)25-11-14-19-10-13(26-14)12-6-4-3-5-7-12/h3-7,10H,8-9,11H2,1-2H3,(H,20,24). The van der Waals surface area contributed by atoms with Crippen molar-refractivity contribution in [1.29, 1.82) is 0 Å². The Bertz CT molecular complexity index is 828. The number of aromatic nitrogens is 1. The number of carbonyl (C=O) groups is 3. The van der Waals surface area contributed by atoms with Gasteiger partial charge in [0, 0.05) is 12.1 Å². The van der Waals surface area contributed by atoms with Crippen molar-refractivity contribution in [3.8, 4) is 11.3 Å². The fraction of sp³-hybridized carbons (Fsp3) is 0.333. The number of urea groups is 1. The SMILES string of the molecule is CC1(C)NC(=O)N(CCC(=O)OCc2ncc(-c3ccccc3)o2)C1=O. The second kappa shape index (κ2) is 6.99. The van der Waals surface area contributed by atoms with Crippen molar-refractivity contribution >= 4 is 17.9 Å². The van der Waals surface area contributed by atoms with Crippen molar-refractivity contribution in [2.45, 2.75) is 32.4 Å². The Morgan fingerprint density at radius 3 is 2.65 bits per heavy atom. The summed E-state index contributed by atoms with van der Waals surface area (Å²) >= 11 is 0. The topological polar surface area (TPSA) is 102 Å². The van der Waals surface area contributed by atoms with Crippen LogP contribution in [0.1, 0.15) is 26.2 Å². The van der Waals surface area contributed by atoms with Crippen molar-refractivity contribution < 1.29 is 23.5 Å². The largest absolute Gasteiger partial charge is 0.456 e. The first kappa shape index (κ1) is 17.7. The Balaban J connectivity index is 1.49. The zero-order chi connectivity index (χ0) is 18.7. The maximum atomic E-state index is 12.0. The van der Waals surface area contributed by atoms with Gasteiger partial charge in [0.1, 0.15) is 5.54 Å². The fourth-order valence-electron chi connectivity index (χ4n) is 2.55. The average Bonchev–Trinajstić information content (AvgIpc) is 3.16. The first-order valence-corrected chi connectivity index (χ1v) is 8.17. The molecule has 2 aromatic rings. The molecule has 2 heterocycles. The second-order valence-electron chi connectivity index (χ2n) is 6.41. The number of esters is 1. The number of amides is 3. The van der Waals surface area contributed by atoms with Crippen molar-refractivity contribution in [2.24, 2.45) is 0 Å². The van der Waals surface area contributed by atoms with Gasteiger partial charge in [0.25, 0.3) is 5.91 Å². The van der Waals surface area contributed by atoms with Crippen LogP contribution < -0.4 is 5.32 Å². The molecule has 1 fully saturated rings. The summed E-state index contributed by atoms with van der Waals surface area (Å²) in [6.07, 6.45) is 1.47. The normalized spacial score (nSPS) is 15.8. The van der Waals surface area contributed by atoms with Gasteiger partial charge in [-0.1, -0.05) is 30.3 Å². The number of carbonyl (C=O) groups excluding carboxylic acids is 3. The Hall–Kier alpha value is -3.16. The second-order valence-corrected chi connectivity index (χ2v) is 6.41. The van der Waals surface area contributed by atoms with Gasteiger partial charge < -0.3 is 14.5 Å². The van der Waals surface area contributed by atoms with Crippen LogP contribution in [0.2, 0.25) is 0 Å². The average molecular weight is 357 g/mol. The minimum Gasteiger partial charge on any atom is -0.456 e. The molecule has 26 heavy (non-hydrogen) atoms. The summed E-state index contributed by atoms with van der Waals surface area (Å²) in [5, 5.41) is 2.55. The molecule has 1 aliphatic rings. The molecule has 1 saturated heterocycles. The molecule has 0 atom stereocenters. The first-order chi connectivity index (χ1) is 12.4. The van der Waals surface area contributed by atoms with E-state index >= 15 is 0 Å². The van der Waals surface area contributed by atoms with Gasteiger partial charge in [0.15, 0.2) is 12.4 Å². The smallest absolute Gasteiger partial charge is 0.325 e. The van der Waals surface area contributed by atoms with E-state index in [1.165, 1.54) is 0 Å². The van der Waals surface area contributed by atoms with Gasteiger partial charge in [0.2, 0.25) is 5.89 Å². The minimum absolute atomic E-state index is 0.0339. The summed E-state index contributed by atoms with van der Waals surface area (Å²) in [6, 6.07) is 8.93. The highest BCUT2D eigenvalue weighted by molar-refractivity contribution is 6.06. The van der Waals surface area contributed by atoms with E-state index in [0.29, 0.717) is 5.76 Å². The van der Waals surface area contributed by atoms with Gasteiger partial charge in [-0.15, -0.1) is 0 Å². The molecule has 0 radical (unpaired) electrons.